The minimum Gasteiger partial charge on any atom is -0.411 e. The molecule has 0 saturated carbocycles. The summed E-state index contributed by atoms with van der Waals surface area (Å²) in [6.07, 6.45) is 3.88. The van der Waals surface area contributed by atoms with Gasteiger partial charge in [0.25, 0.3) is 0 Å². The van der Waals surface area contributed by atoms with E-state index in [1.165, 1.54) is 0 Å². The van der Waals surface area contributed by atoms with Crippen molar-refractivity contribution in [2.24, 2.45) is 11.8 Å². The molecular weight excluding hydrogens is 244 g/mol. The van der Waals surface area contributed by atoms with Gasteiger partial charge in [-0.3, -0.25) is 0 Å². The van der Waals surface area contributed by atoms with Crippen LogP contribution < -0.4 is 0 Å². The van der Waals surface area contributed by atoms with E-state index in [0.717, 1.165) is 32.3 Å². The van der Waals surface area contributed by atoms with E-state index in [2.05, 4.69) is 27.7 Å². The zero-order valence-electron chi connectivity index (χ0n) is 12.6. The average Bonchev–Trinajstić information content (AvgIpc) is 2.21. The molecule has 18 heavy (non-hydrogen) atoms. The van der Waals surface area contributed by atoms with Crippen molar-refractivity contribution in [3.63, 3.8) is 0 Å². The zero-order chi connectivity index (χ0) is 14.0. The molecule has 3 nitrogen and oxygen atoms in total. The molecule has 0 atom stereocenters. The predicted molar refractivity (Wildman–Crippen MR) is 78.8 cm³/mol. The first kappa shape index (κ1) is 18.1. The summed E-state index contributed by atoms with van der Waals surface area (Å²) in [7, 11) is -2.93. The number of rotatable bonds is 11. The van der Waals surface area contributed by atoms with E-state index in [-0.39, 0.29) is 0 Å². The summed E-state index contributed by atoms with van der Waals surface area (Å²) in [6, 6.07) is 1.16. The fourth-order valence-electron chi connectivity index (χ4n) is 1.80. The van der Waals surface area contributed by atoms with Gasteiger partial charge in [0.1, 0.15) is 0 Å². The Morgan fingerprint density at radius 2 is 1.39 bits per heavy atom. The highest BCUT2D eigenvalue weighted by Crippen LogP contribution is 2.17. The molecular formula is C14H32O3Si. The maximum atomic E-state index is 9.91. The van der Waals surface area contributed by atoms with Crippen LogP contribution in [-0.2, 0) is 4.74 Å². The van der Waals surface area contributed by atoms with E-state index in [9.17, 15) is 9.59 Å². The van der Waals surface area contributed by atoms with Crippen LogP contribution in [0.25, 0.3) is 0 Å². The molecule has 0 unspecified atom stereocenters. The predicted octanol–water partition coefficient (Wildman–Crippen LogP) is 3.30. The van der Waals surface area contributed by atoms with Gasteiger partial charge in [0.2, 0.25) is 0 Å². The highest BCUT2D eigenvalue weighted by molar-refractivity contribution is 6.64. The van der Waals surface area contributed by atoms with Crippen LogP contribution in [-0.4, -0.2) is 31.4 Å². The second-order valence-corrected chi connectivity index (χ2v) is 9.13. The van der Waals surface area contributed by atoms with Gasteiger partial charge in [-0.1, -0.05) is 40.5 Å². The van der Waals surface area contributed by atoms with E-state index in [1.54, 1.807) is 0 Å². The van der Waals surface area contributed by atoms with Crippen LogP contribution >= 0.6 is 0 Å². The summed E-state index contributed by atoms with van der Waals surface area (Å²) in [5.74, 6) is 1.32. The van der Waals surface area contributed by atoms with Gasteiger partial charge in [-0.25, -0.2) is 0 Å². The Kier molecular flexibility index (Phi) is 10.0. The van der Waals surface area contributed by atoms with E-state index in [4.69, 9.17) is 4.74 Å². The molecule has 0 aliphatic rings. The van der Waals surface area contributed by atoms with E-state index >= 15 is 0 Å². The lowest BCUT2D eigenvalue weighted by Crippen LogP contribution is -2.34. The third-order valence-corrected chi connectivity index (χ3v) is 5.37. The highest BCUT2D eigenvalue weighted by Gasteiger charge is 2.27. The fourth-order valence-corrected chi connectivity index (χ4v) is 3.53. The molecule has 2 N–H and O–H groups in total. The molecule has 0 aliphatic heterocycles. The van der Waals surface area contributed by atoms with Crippen molar-refractivity contribution in [1.82, 2.24) is 0 Å². The van der Waals surface area contributed by atoms with Gasteiger partial charge in [0.15, 0.2) is 0 Å². The SMILES string of the molecule is CC(C)CCC[Si](O)(O)CCCOCCC(C)C. The molecule has 0 bridgehead atoms. The highest BCUT2D eigenvalue weighted by atomic mass is 28.4. The average molecular weight is 276 g/mol. The van der Waals surface area contributed by atoms with Crippen LogP contribution in [0.3, 0.4) is 0 Å². The van der Waals surface area contributed by atoms with E-state index in [0.29, 0.717) is 30.5 Å². The lowest BCUT2D eigenvalue weighted by Gasteiger charge is -2.18. The standard InChI is InChI=1S/C14H32O3Si/c1-13(2)7-5-11-18(15,16)12-6-9-17-10-8-14(3)4/h13-16H,5-12H2,1-4H3. The molecule has 4 heteroatoms. The Labute approximate surface area is 114 Å². The Bertz CT molecular complexity index is 193. The summed E-state index contributed by atoms with van der Waals surface area (Å²) in [6.45, 7) is 10.1. The molecule has 0 radical (unpaired) electrons. The first-order valence-corrected chi connectivity index (χ1v) is 9.67. The quantitative estimate of drug-likeness (QED) is 0.450. The molecule has 0 rings (SSSR count). The topological polar surface area (TPSA) is 49.7 Å². The third-order valence-electron chi connectivity index (χ3n) is 3.06. The van der Waals surface area contributed by atoms with Crippen molar-refractivity contribution < 1.29 is 14.3 Å². The van der Waals surface area contributed by atoms with Crippen LogP contribution in [0.5, 0.6) is 0 Å². The number of ether oxygens (including phenoxy) is 1. The van der Waals surface area contributed by atoms with Crippen LogP contribution in [0.15, 0.2) is 0 Å². The smallest absolute Gasteiger partial charge is 0.332 e. The Hall–Kier alpha value is 0.0969. The van der Waals surface area contributed by atoms with Gasteiger partial charge in [0.05, 0.1) is 0 Å². The first-order chi connectivity index (χ1) is 8.33. The Morgan fingerprint density at radius 3 is 1.94 bits per heavy atom. The zero-order valence-corrected chi connectivity index (χ0v) is 13.6. The van der Waals surface area contributed by atoms with Gasteiger partial charge >= 0.3 is 8.56 Å². The maximum Gasteiger partial charge on any atom is 0.332 e. The van der Waals surface area contributed by atoms with Crippen LogP contribution in [0.2, 0.25) is 12.1 Å². The normalized spacial score (nSPS) is 12.7. The Morgan fingerprint density at radius 1 is 0.833 bits per heavy atom. The minimum atomic E-state index is -2.93. The second-order valence-electron chi connectivity index (χ2n) is 6.17. The molecule has 0 aromatic rings. The van der Waals surface area contributed by atoms with Crippen LogP contribution in [0.1, 0.15) is 53.4 Å². The van der Waals surface area contributed by atoms with Crippen molar-refractivity contribution in [2.45, 2.75) is 65.5 Å². The monoisotopic (exact) mass is 276 g/mol. The summed E-state index contributed by atoms with van der Waals surface area (Å²) in [5, 5.41) is 0. The summed E-state index contributed by atoms with van der Waals surface area (Å²) >= 11 is 0. The minimum absolute atomic E-state index is 0.548. The fraction of sp³-hybridized carbons (Fsp3) is 1.00. The maximum absolute atomic E-state index is 9.91. The molecule has 0 amide bonds. The molecule has 0 aromatic heterocycles. The van der Waals surface area contributed by atoms with Crippen LogP contribution in [0, 0.1) is 11.8 Å². The second kappa shape index (κ2) is 9.95. The van der Waals surface area contributed by atoms with Crippen molar-refractivity contribution >= 4 is 8.56 Å². The van der Waals surface area contributed by atoms with Crippen molar-refractivity contribution in [3.05, 3.63) is 0 Å². The van der Waals surface area contributed by atoms with Crippen molar-refractivity contribution in [1.29, 1.82) is 0 Å². The molecule has 0 fully saturated rings. The largest absolute Gasteiger partial charge is 0.411 e. The third kappa shape index (κ3) is 12.6. The molecule has 0 aliphatic carbocycles. The van der Waals surface area contributed by atoms with Gasteiger partial charge < -0.3 is 14.3 Å². The molecule has 0 heterocycles. The summed E-state index contributed by atoms with van der Waals surface area (Å²) < 4.78 is 5.48. The number of hydrogen-bond acceptors (Lipinski definition) is 3. The van der Waals surface area contributed by atoms with Gasteiger partial charge in [0, 0.05) is 13.2 Å². The Balaban J connectivity index is 3.46. The summed E-state index contributed by atoms with van der Waals surface area (Å²) in [5.41, 5.74) is 0. The molecule has 0 spiro atoms. The van der Waals surface area contributed by atoms with Gasteiger partial charge in [-0.15, -0.1) is 0 Å². The van der Waals surface area contributed by atoms with Gasteiger partial charge in [-0.2, -0.15) is 0 Å². The van der Waals surface area contributed by atoms with Crippen LogP contribution in [0.4, 0.5) is 0 Å². The van der Waals surface area contributed by atoms with E-state index in [1.807, 2.05) is 0 Å². The number of hydrogen-bond donors (Lipinski definition) is 2. The molecule has 0 saturated heterocycles. The molecule has 0 aromatic carbocycles. The molecule has 110 valence electrons. The summed E-state index contributed by atoms with van der Waals surface area (Å²) in [4.78, 5) is 19.8. The first-order valence-electron chi connectivity index (χ1n) is 7.36. The van der Waals surface area contributed by atoms with Crippen molar-refractivity contribution in [3.8, 4) is 0 Å². The van der Waals surface area contributed by atoms with Gasteiger partial charge in [-0.05, 0) is 36.8 Å². The lowest BCUT2D eigenvalue weighted by atomic mass is 10.1. The van der Waals surface area contributed by atoms with E-state index < -0.39 is 8.56 Å². The lowest BCUT2D eigenvalue weighted by molar-refractivity contribution is 0.122. The van der Waals surface area contributed by atoms with Crippen molar-refractivity contribution in [2.75, 3.05) is 13.2 Å².